The molecule has 6 nitrogen and oxygen atoms in total. The Kier molecular flexibility index (Phi) is 4.83. The van der Waals surface area contributed by atoms with E-state index in [1.165, 1.54) is 12.1 Å². The zero-order chi connectivity index (χ0) is 17.1. The third-order valence-electron chi connectivity index (χ3n) is 4.70. The summed E-state index contributed by atoms with van der Waals surface area (Å²) in [6.45, 7) is 1.64. The summed E-state index contributed by atoms with van der Waals surface area (Å²) < 4.78 is 0. The fraction of sp³-hybridized carbons (Fsp3) is 0.500. The van der Waals surface area contributed by atoms with Crippen molar-refractivity contribution in [1.29, 1.82) is 0 Å². The van der Waals surface area contributed by atoms with Gasteiger partial charge >= 0.3 is 5.97 Å². The number of rotatable bonds is 5. The van der Waals surface area contributed by atoms with Crippen LogP contribution in [0.5, 0.6) is 0 Å². The molecule has 1 saturated carbocycles. The van der Waals surface area contributed by atoms with Crippen molar-refractivity contribution in [2.75, 3.05) is 13.1 Å². The maximum absolute atomic E-state index is 12.4. The average Bonchev–Trinajstić information content (AvgIpc) is 3.44. The second kappa shape index (κ2) is 7.03. The standard InChI is InChI=1S/C18H22N2O4/c21-16(19-10-12-3-5-14(6-4-12)18(23)24)15-2-1-9-20(11-15)17(22)13-7-8-13/h3-6,13,15H,1-2,7-11H2,(H,19,21)(H,23,24). The number of likely N-dealkylation sites (tertiary alicyclic amines) is 1. The Morgan fingerprint density at radius 2 is 1.79 bits per heavy atom. The number of nitrogens with zero attached hydrogens (tertiary/aromatic N) is 1. The first-order chi connectivity index (χ1) is 11.5. The lowest BCUT2D eigenvalue weighted by molar-refractivity contribution is -0.136. The number of piperidine rings is 1. The van der Waals surface area contributed by atoms with Crippen molar-refractivity contribution in [2.24, 2.45) is 11.8 Å². The van der Waals surface area contributed by atoms with Crippen molar-refractivity contribution in [1.82, 2.24) is 10.2 Å². The monoisotopic (exact) mass is 330 g/mol. The summed E-state index contributed by atoms with van der Waals surface area (Å²) in [6, 6.07) is 6.46. The Morgan fingerprint density at radius 3 is 2.42 bits per heavy atom. The van der Waals surface area contributed by atoms with Crippen molar-refractivity contribution in [3.05, 3.63) is 35.4 Å². The van der Waals surface area contributed by atoms with Crippen molar-refractivity contribution >= 4 is 17.8 Å². The highest BCUT2D eigenvalue weighted by atomic mass is 16.4. The molecule has 0 spiro atoms. The van der Waals surface area contributed by atoms with Gasteiger partial charge < -0.3 is 15.3 Å². The van der Waals surface area contributed by atoms with Crippen LogP contribution in [0.15, 0.2) is 24.3 Å². The molecule has 2 amide bonds. The van der Waals surface area contributed by atoms with E-state index in [9.17, 15) is 14.4 Å². The lowest BCUT2D eigenvalue weighted by Crippen LogP contribution is -2.45. The molecule has 2 N–H and O–H groups in total. The molecular weight excluding hydrogens is 308 g/mol. The summed E-state index contributed by atoms with van der Waals surface area (Å²) >= 11 is 0. The molecule has 0 aromatic heterocycles. The van der Waals surface area contributed by atoms with E-state index in [0.29, 0.717) is 13.1 Å². The fourth-order valence-corrected chi connectivity index (χ4v) is 3.08. The molecule has 1 heterocycles. The minimum atomic E-state index is -0.965. The zero-order valence-electron chi connectivity index (χ0n) is 13.5. The highest BCUT2D eigenvalue weighted by Gasteiger charge is 2.36. The van der Waals surface area contributed by atoms with Gasteiger partial charge in [0.2, 0.25) is 11.8 Å². The predicted molar refractivity (Wildman–Crippen MR) is 87.3 cm³/mol. The number of hydrogen-bond acceptors (Lipinski definition) is 3. The molecule has 2 fully saturated rings. The predicted octanol–water partition coefficient (Wildman–Crippen LogP) is 1.65. The van der Waals surface area contributed by atoms with Gasteiger partial charge in [-0.3, -0.25) is 9.59 Å². The molecule has 1 saturated heterocycles. The second-order valence-corrected chi connectivity index (χ2v) is 6.62. The van der Waals surface area contributed by atoms with Crippen molar-refractivity contribution in [2.45, 2.75) is 32.2 Å². The Labute approximate surface area is 140 Å². The molecule has 1 aliphatic carbocycles. The average molecular weight is 330 g/mol. The van der Waals surface area contributed by atoms with Crippen LogP contribution in [0.1, 0.15) is 41.6 Å². The van der Waals surface area contributed by atoms with E-state index in [1.807, 2.05) is 4.90 Å². The molecule has 1 aromatic carbocycles. The summed E-state index contributed by atoms with van der Waals surface area (Å²) in [7, 11) is 0. The Hall–Kier alpha value is -2.37. The van der Waals surface area contributed by atoms with Crippen molar-refractivity contribution in [3.8, 4) is 0 Å². The summed E-state index contributed by atoms with van der Waals surface area (Å²) in [4.78, 5) is 37.2. The van der Waals surface area contributed by atoms with Crippen LogP contribution in [-0.4, -0.2) is 40.9 Å². The van der Waals surface area contributed by atoms with Crippen LogP contribution in [0.25, 0.3) is 0 Å². The van der Waals surface area contributed by atoms with Crippen LogP contribution in [0, 0.1) is 11.8 Å². The van der Waals surface area contributed by atoms with Crippen molar-refractivity contribution in [3.63, 3.8) is 0 Å². The van der Waals surface area contributed by atoms with Gasteiger partial charge in [-0.1, -0.05) is 12.1 Å². The van der Waals surface area contributed by atoms with E-state index in [4.69, 9.17) is 5.11 Å². The van der Waals surface area contributed by atoms with E-state index in [-0.39, 0.29) is 29.2 Å². The molecule has 2 aliphatic rings. The fourth-order valence-electron chi connectivity index (χ4n) is 3.08. The van der Waals surface area contributed by atoms with Gasteiger partial charge in [-0.15, -0.1) is 0 Å². The number of nitrogens with one attached hydrogen (secondary N) is 1. The third kappa shape index (κ3) is 3.93. The lowest BCUT2D eigenvalue weighted by Gasteiger charge is -2.32. The third-order valence-corrected chi connectivity index (χ3v) is 4.70. The smallest absolute Gasteiger partial charge is 0.335 e. The quantitative estimate of drug-likeness (QED) is 0.859. The molecular formula is C18H22N2O4. The molecule has 1 atom stereocenters. The van der Waals surface area contributed by atoms with Gasteiger partial charge in [0.05, 0.1) is 11.5 Å². The topological polar surface area (TPSA) is 86.7 Å². The molecule has 128 valence electrons. The molecule has 24 heavy (non-hydrogen) atoms. The van der Waals surface area contributed by atoms with Crippen LogP contribution in [0.2, 0.25) is 0 Å². The SMILES string of the molecule is O=C(O)c1ccc(CNC(=O)C2CCCN(C(=O)C3CC3)C2)cc1. The molecule has 1 unspecified atom stereocenters. The highest BCUT2D eigenvalue weighted by Crippen LogP contribution is 2.32. The van der Waals surface area contributed by atoms with E-state index < -0.39 is 5.97 Å². The maximum Gasteiger partial charge on any atom is 0.335 e. The molecule has 1 aromatic rings. The Bertz CT molecular complexity index is 637. The first-order valence-corrected chi connectivity index (χ1v) is 8.43. The van der Waals surface area contributed by atoms with Crippen LogP contribution in [0.3, 0.4) is 0 Å². The summed E-state index contributed by atoms with van der Waals surface area (Å²) in [5.74, 6) is -0.755. The summed E-state index contributed by atoms with van der Waals surface area (Å²) in [5, 5.41) is 11.8. The number of carbonyl (C=O) groups excluding carboxylic acids is 2. The van der Waals surface area contributed by atoms with Gasteiger partial charge in [0.25, 0.3) is 0 Å². The summed E-state index contributed by atoms with van der Waals surface area (Å²) in [5.41, 5.74) is 1.08. The van der Waals surface area contributed by atoms with Gasteiger partial charge in [-0.05, 0) is 43.4 Å². The molecule has 0 bridgehead atoms. The van der Waals surface area contributed by atoms with E-state index >= 15 is 0 Å². The number of aromatic carboxylic acids is 1. The van der Waals surface area contributed by atoms with E-state index in [2.05, 4.69) is 5.32 Å². The largest absolute Gasteiger partial charge is 0.478 e. The number of carboxylic acid groups (broad SMARTS) is 1. The van der Waals surface area contributed by atoms with Gasteiger partial charge in [0, 0.05) is 25.6 Å². The molecule has 0 radical (unpaired) electrons. The molecule has 1 aliphatic heterocycles. The normalized spacial score (nSPS) is 20.5. The maximum atomic E-state index is 12.4. The molecule has 3 rings (SSSR count). The number of amides is 2. The highest BCUT2D eigenvalue weighted by molar-refractivity contribution is 5.87. The number of carboxylic acids is 1. The van der Waals surface area contributed by atoms with Crippen LogP contribution < -0.4 is 5.32 Å². The first-order valence-electron chi connectivity index (χ1n) is 8.43. The van der Waals surface area contributed by atoms with Crippen LogP contribution in [-0.2, 0) is 16.1 Å². The van der Waals surface area contributed by atoms with E-state index in [1.54, 1.807) is 12.1 Å². The Morgan fingerprint density at radius 1 is 1.08 bits per heavy atom. The van der Waals surface area contributed by atoms with Gasteiger partial charge in [-0.2, -0.15) is 0 Å². The first kappa shape index (κ1) is 16.5. The lowest BCUT2D eigenvalue weighted by atomic mass is 9.96. The minimum Gasteiger partial charge on any atom is -0.478 e. The number of benzene rings is 1. The number of carbonyl (C=O) groups is 3. The van der Waals surface area contributed by atoms with E-state index in [0.717, 1.165) is 37.8 Å². The van der Waals surface area contributed by atoms with Gasteiger partial charge in [-0.25, -0.2) is 4.79 Å². The Balaban J connectivity index is 1.50. The van der Waals surface area contributed by atoms with Crippen LogP contribution in [0.4, 0.5) is 0 Å². The summed E-state index contributed by atoms with van der Waals surface area (Å²) in [6.07, 6.45) is 3.64. The van der Waals surface area contributed by atoms with Gasteiger partial charge in [0.1, 0.15) is 0 Å². The van der Waals surface area contributed by atoms with Crippen LogP contribution >= 0.6 is 0 Å². The minimum absolute atomic E-state index is 0.0365. The second-order valence-electron chi connectivity index (χ2n) is 6.62. The van der Waals surface area contributed by atoms with Gasteiger partial charge in [0.15, 0.2) is 0 Å². The van der Waals surface area contributed by atoms with Crippen molar-refractivity contribution < 1.29 is 19.5 Å². The number of hydrogen-bond donors (Lipinski definition) is 2. The molecule has 6 heteroatoms. The zero-order valence-corrected chi connectivity index (χ0v) is 13.5.